The van der Waals surface area contributed by atoms with Gasteiger partial charge in [-0.25, -0.2) is 13.2 Å². The van der Waals surface area contributed by atoms with Crippen LogP contribution in [0.4, 0.5) is 13.2 Å². The second-order valence-electron chi connectivity index (χ2n) is 4.90. The van der Waals surface area contributed by atoms with Crippen molar-refractivity contribution < 1.29 is 32.3 Å². The molecule has 1 amide bonds. The SMILES string of the molecule is O=C(CNC(=O)c1ccc(F)cc1F)OCC(=O)c1ccc(F)cc1. The van der Waals surface area contributed by atoms with Crippen molar-refractivity contribution in [2.24, 2.45) is 0 Å². The summed E-state index contributed by atoms with van der Waals surface area (Å²) in [5.74, 6) is -4.83. The van der Waals surface area contributed by atoms with E-state index in [0.29, 0.717) is 6.07 Å². The second-order valence-corrected chi connectivity index (χ2v) is 4.90. The monoisotopic (exact) mass is 351 g/mol. The summed E-state index contributed by atoms with van der Waals surface area (Å²) in [4.78, 5) is 34.9. The van der Waals surface area contributed by atoms with E-state index in [9.17, 15) is 27.6 Å². The average molecular weight is 351 g/mol. The largest absolute Gasteiger partial charge is 0.456 e. The molecule has 25 heavy (non-hydrogen) atoms. The number of hydrogen-bond acceptors (Lipinski definition) is 4. The Morgan fingerprint density at radius 3 is 2.20 bits per heavy atom. The molecule has 0 saturated heterocycles. The first-order valence-electron chi connectivity index (χ1n) is 7.04. The molecule has 1 N–H and O–H groups in total. The fourth-order valence-corrected chi connectivity index (χ4v) is 1.84. The van der Waals surface area contributed by atoms with Gasteiger partial charge in [-0.1, -0.05) is 0 Å². The van der Waals surface area contributed by atoms with Crippen molar-refractivity contribution in [2.45, 2.75) is 0 Å². The van der Waals surface area contributed by atoms with E-state index in [2.05, 4.69) is 10.1 Å². The summed E-state index contributed by atoms with van der Waals surface area (Å²) in [5.41, 5.74) is -0.275. The van der Waals surface area contributed by atoms with Gasteiger partial charge in [-0.15, -0.1) is 0 Å². The molecule has 130 valence electrons. The molecule has 0 aromatic heterocycles. The highest BCUT2D eigenvalue weighted by Crippen LogP contribution is 2.09. The minimum Gasteiger partial charge on any atom is -0.456 e. The van der Waals surface area contributed by atoms with Crippen LogP contribution in [-0.2, 0) is 9.53 Å². The van der Waals surface area contributed by atoms with Crippen molar-refractivity contribution in [3.05, 3.63) is 71.0 Å². The van der Waals surface area contributed by atoms with Crippen LogP contribution in [0, 0.1) is 17.5 Å². The van der Waals surface area contributed by atoms with E-state index in [4.69, 9.17) is 0 Å². The Hall–Kier alpha value is -3.16. The van der Waals surface area contributed by atoms with Crippen molar-refractivity contribution in [2.75, 3.05) is 13.2 Å². The number of esters is 1. The first kappa shape index (κ1) is 18.2. The third kappa shape index (κ3) is 5.17. The highest BCUT2D eigenvalue weighted by atomic mass is 19.1. The molecule has 2 aromatic rings. The van der Waals surface area contributed by atoms with Gasteiger partial charge >= 0.3 is 5.97 Å². The number of carbonyl (C=O) groups excluding carboxylic acids is 3. The third-order valence-corrected chi connectivity index (χ3v) is 3.10. The summed E-state index contributed by atoms with van der Waals surface area (Å²) in [7, 11) is 0. The Kier molecular flexibility index (Phi) is 5.89. The van der Waals surface area contributed by atoms with Gasteiger partial charge in [-0.3, -0.25) is 14.4 Å². The van der Waals surface area contributed by atoms with Gasteiger partial charge in [0, 0.05) is 11.6 Å². The predicted molar refractivity (Wildman–Crippen MR) is 80.4 cm³/mol. The summed E-state index contributed by atoms with van der Waals surface area (Å²) >= 11 is 0. The lowest BCUT2D eigenvalue weighted by Gasteiger charge is -2.07. The van der Waals surface area contributed by atoms with Gasteiger partial charge in [0.15, 0.2) is 12.4 Å². The molecule has 0 atom stereocenters. The van der Waals surface area contributed by atoms with E-state index in [1.165, 1.54) is 12.1 Å². The van der Waals surface area contributed by atoms with Gasteiger partial charge in [-0.2, -0.15) is 0 Å². The molecule has 0 radical (unpaired) electrons. The van der Waals surface area contributed by atoms with Crippen LogP contribution >= 0.6 is 0 Å². The van der Waals surface area contributed by atoms with Gasteiger partial charge in [-0.05, 0) is 36.4 Å². The van der Waals surface area contributed by atoms with Crippen molar-refractivity contribution >= 4 is 17.7 Å². The lowest BCUT2D eigenvalue weighted by atomic mass is 10.1. The smallest absolute Gasteiger partial charge is 0.325 e. The highest BCUT2D eigenvalue weighted by Gasteiger charge is 2.15. The van der Waals surface area contributed by atoms with Crippen LogP contribution in [0.5, 0.6) is 0 Å². The number of carbonyl (C=O) groups is 3. The van der Waals surface area contributed by atoms with Crippen LogP contribution in [0.2, 0.25) is 0 Å². The van der Waals surface area contributed by atoms with Crippen LogP contribution in [0.1, 0.15) is 20.7 Å². The molecule has 0 unspecified atom stereocenters. The molecule has 8 heteroatoms. The second kappa shape index (κ2) is 8.09. The van der Waals surface area contributed by atoms with Gasteiger partial charge in [0.05, 0.1) is 5.56 Å². The van der Waals surface area contributed by atoms with Crippen LogP contribution in [0.3, 0.4) is 0 Å². The van der Waals surface area contributed by atoms with Gasteiger partial charge in [0.2, 0.25) is 0 Å². The number of Topliss-reactive ketones (excluding diaryl/α,β-unsaturated/α-hetero) is 1. The maximum absolute atomic E-state index is 13.4. The quantitative estimate of drug-likeness (QED) is 0.640. The summed E-state index contributed by atoms with van der Waals surface area (Å²) in [6.45, 7) is -1.20. The van der Waals surface area contributed by atoms with E-state index >= 15 is 0 Å². The number of benzene rings is 2. The molecule has 0 fully saturated rings. The number of ether oxygens (including phenoxy) is 1. The molecule has 5 nitrogen and oxygen atoms in total. The standard InChI is InChI=1S/C17H12F3NO4/c18-11-3-1-10(2-4-11)15(22)9-25-16(23)8-21-17(24)13-6-5-12(19)7-14(13)20/h1-7H,8-9H2,(H,21,24). The Labute approximate surface area is 140 Å². The Morgan fingerprint density at radius 2 is 1.56 bits per heavy atom. The van der Waals surface area contributed by atoms with E-state index < -0.39 is 53.8 Å². The topological polar surface area (TPSA) is 72.5 Å². The van der Waals surface area contributed by atoms with Crippen LogP contribution in [0.15, 0.2) is 42.5 Å². The minimum absolute atomic E-state index is 0.159. The molecular weight excluding hydrogens is 339 g/mol. The van der Waals surface area contributed by atoms with Crippen molar-refractivity contribution in [1.82, 2.24) is 5.32 Å². The Morgan fingerprint density at radius 1 is 0.920 bits per heavy atom. The van der Waals surface area contributed by atoms with Crippen molar-refractivity contribution in [3.63, 3.8) is 0 Å². The fraction of sp³-hybridized carbons (Fsp3) is 0.118. The number of hydrogen-bond donors (Lipinski definition) is 1. The van der Waals surface area contributed by atoms with E-state index in [0.717, 1.165) is 24.3 Å². The number of nitrogens with one attached hydrogen (secondary N) is 1. The van der Waals surface area contributed by atoms with Gasteiger partial charge < -0.3 is 10.1 Å². The Balaban J connectivity index is 1.81. The molecule has 0 bridgehead atoms. The summed E-state index contributed by atoms with van der Waals surface area (Å²) in [6, 6.07) is 7.03. The van der Waals surface area contributed by atoms with Crippen LogP contribution < -0.4 is 5.32 Å². The molecule has 0 spiro atoms. The molecule has 0 heterocycles. The van der Waals surface area contributed by atoms with E-state index in [1.807, 2.05) is 0 Å². The van der Waals surface area contributed by atoms with Crippen LogP contribution in [-0.4, -0.2) is 30.8 Å². The van der Waals surface area contributed by atoms with Gasteiger partial charge in [0.25, 0.3) is 5.91 Å². The van der Waals surface area contributed by atoms with Crippen LogP contribution in [0.25, 0.3) is 0 Å². The fourth-order valence-electron chi connectivity index (χ4n) is 1.84. The molecule has 0 aliphatic rings. The zero-order valence-electron chi connectivity index (χ0n) is 12.7. The average Bonchev–Trinajstić information content (AvgIpc) is 2.58. The number of halogens is 3. The molecule has 0 aliphatic heterocycles. The molecule has 2 aromatic carbocycles. The molecule has 0 saturated carbocycles. The summed E-state index contributed by atoms with van der Waals surface area (Å²) < 4.78 is 43.6. The molecular formula is C17H12F3NO4. The van der Waals surface area contributed by atoms with Crippen molar-refractivity contribution in [3.8, 4) is 0 Å². The first-order chi connectivity index (χ1) is 11.9. The van der Waals surface area contributed by atoms with Gasteiger partial charge in [0.1, 0.15) is 24.0 Å². The first-order valence-corrected chi connectivity index (χ1v) is 7.04. The predicted octanol–water partition coefficient (Wildman–Crippen LogP) is 2.26. The lowest BCUT2D eigenvalue weighted by Crippen LogP contribution is -2.32. The number of amides is 1. The van der Waals surface area contributed by atoms with E-state index in [-0.39, 0.29) is 5.56 Å². The molecule has 2 rings (SSSR count). The maximum Gasteiger partial charge on any atom is 0.325 e. The highest BCUT2D eigenvalue weighted by molar-refractivity contribution is 5.98. The van der Waals surface area contributed by atoms with E-state index in [1.54, 1.807) is 0 Å². The number of rotatable bonds is 6. The summed E-state index contributed by atoms with van der Waals surface area (Å²) in [6.07, 6.45) is 0. The normalized spacial score (nSPS) is 10.2. The summed E-state index contributed by atoms with van der Waals surface area (Å²) in [5, 5.41) is 2.09. The van der Waals surface area contributed by atoms with Crippen molar-refractivity contribution in [1.29, 1.82) is 0 Å². The zero-order valence-corrected chi connectivity index (χ0v) is 12.7. The Bertz CT molecular complexity index is 806. The maximum atomic E-state index is 13.4. The minimum atomic E-state index is -1.07. The number of ketones is 1. The molecule has 0 aliphatic carbocycles. The zero-order chi connectivity index (χ0) is 18.4. The third-order valence-electron chi connectivity index (χ3n) is 3.10. The lowest BCUT2D eigenvalue weighted by molar-refractivity contribution is -0.141.